The quantitative estimate of drug-likeness (QED) is 0.875. The highest BCUT2D eigenvalue weighted by Crippen LogP contribution is 2.23. The Morgan fingerprint density at radius 1 is 1.27 bits per heavy atom. The van der Waals surface area contributed by atoms with E-state index in [1.165, 1.54) is 25.1 Å². The van der Waals surface area contributed by atoms with Gasteiger partial charge in [-0.25, -0.2) is 4.39 Å². The average Bonchev–Trinajstić information content (AvgIpc) is 2.79. The van der Waals surface area contributed by atoms with Gasteiger partial charge in [0.05, 0.1) is 5.56 Å². The number of likely N-dealkylation sites (tertiary alicyclic amines) is 1. The number of carbonyl (C=O) groups is 2. The second kappa shape index (κ2) is 6.04. The molecule has 0 saturated carbocycles. The van der Waals surface area contributed by atoms with E-state index >= 15 is 0 Å². The van der Waals surface area contributed by atoms with E-state index in [1.54, 1.807) is 4.90 Å². The minimum atomic E-state index is -0.554. The molecule has 2 aliphatic heterocycles. The van der Waals surface area contributed by atoms with E-state index in [0.29, 0.717) is 30.9 Å². The summed E-state index contributed by atoms with van der Waals surface area (Å²) < 4.78 is 14.0. The fraction of sp³-hybridized carbons (Fsp3) is 0.500. The van der Waals surface area contributed by atoms with Crippen LogP contribution in [0, 0.1) is 5.82 Å². The van der Waals surface area contributed by atoms with Gasteiger partial charge in [-0.2, -0.15) is 0 Å². The molecule has 2 aliphatic rings. The zero-order chi connectivity index (χ0) is 15.7. The number of halogens is 1. The van der Waals surface area contributed by atoms with E-state index in [4.69, 9.17) is 0 Å². The standard InChI is InChI=1S/C16H20FN3O2/c1-10(21)18-12-4-5-15(17)14(8-12)16(22)20-7-6-11-2-3-13(9-20)19-11/h4-5,8,11,13,19H,2-3,6-7,9H2,1H3,(H,18,21). The van der Waals surface area contributed by atoms with Crippen LogP contribution in [0.15, 0.2) is 18.2 Å². The van der Waals surface area contributed by atoms with Crippen molar-refractivity contribution in [3.63, 3.8) is 0 Å². The average molecular weight is 305 g/mol. The lowest BCUT2D eigenvalue weighted by Gasteiger charge is -2.24. The van der Waals surface area contributed by atoms with Crippen LogP contribution in [0.4, 0.5) is 10.1 Å². The Morgan fingerprint density at radius 3 is 2.82 bits per heavy atom. The molecule has 118 valence electrons. The van der Waals surface area contributed by atoms with Crippen LogP contribution >= 0.6 is 0 Å². The van der Waals surface area contributed by atoms with Crippen molar-refractivity contribution < 1.29 is 14.0 Å². The highest BCUT2D eigenvalue weighted by atomic mass is 19.1. The molecule has 2 bridgehead atoms. The highest BCUT2D eigenvalue weighted by molar-refractivity contribution is 5.97. The molecule has 2 amide bonds. The molecule has 3 rings (SSSR count). The molecule has 0 aromatic heterocycles. The molecule has 2 fully saturated rings. The van der Waals surface area contributed by atoms with Crippen LogP contribution < -0.4 is 10.6 Å². The molecule has 5 nitrogen and oxygen atoms in total. The third kappa shape index (κ3) is 3.11. The van der Waals surface area contributed by atoms with Crippen molar-refractivity contribution >= 4 is 17.5 Å². The Hall–Kier alpha value is -1.95. The first-order valence-corrected chi connectivity index (χ1v) is 7.65. The summed E-state index contributed by atoms with van der Waals surface area (Å²) >= 11 is 0. The summed E-state index contributed by atoms with van der Waals surface area (Å²) in [7, 11) is 0. The minimum absolute atomic E-state index is 0.0176. The van der Waals surface area contributed by atoms with Gasteiger partial charge >= 0.3 is 0 Å². The van der Waals surface area contributed by atoms with E-state index < -0.39 is 5.82 Å². The molecule has 1 aromatic rings. The van der Waals surface area contributed by atoms with Crippen molar-refractivity contribution in [2.45, 2.75) is 38.3 Å². The molecule has 2 atom stereocenters. The number of rotatable bonds is 2. The molecular weight excluding hydrogens is 285 g/mol. The van der Waals surface area contributed by atoms with Crippen LogP contribution in [0.25, 0.3) is 0 Å². The van der Waals surface area contributed by atoms with Gasteiger partial charge in [-0.05, 0) is 37.5 Å². The molecule has 6 heteroatoms. The number of benzene rings is 1. The summed E-state index contributed by atoms with van der Waals surface area (Å²) in [4.78, 5) is 25.5. The van der Waals surface area contributed by atoms with Crippen molar-refractivity contribution in [2.75, 3.05) is 18.4 Å². The summed E-state index contributed by atoms with van der Waals surface area (Å²) in [5.74, 6) is -1.11. The smallest absolute Gasteiger partial charge is 0.256 e. The first-order valence-electron chi connectivity index (χ1n) is 7.65. The molecular formula is C16H20FN3O2. The summed E-state index contributed by atoms with van der Waals surface area (Å²) in [6.45, 7) is 2.62. The first kappa shape index (κ1) is 15.0. The zero-order valence-corrected chi connectivity index (χ0v) is 12.6. The van der Waals surface area contributed by atoms with Crippen LogP contribution in [0.1, 0.15) is 36.5 Å². The normalized spacial score (nSPS) is 24.0. The maximum atomic E-state index is 14.0. The molecule has 2 saturated heterocycles. The highest BCUT2D eigenvalue weighted by Gasteiger charge is 2.32. The summed E-state index contributed by atoms with van der Waals surface area (Å²) in [5.41, 5.74) is 0.454. The number of hydrogen-bond donors (Lipinski definition) is 2. The van der Waals surface area contributed by atoms with Gasteiger partial charge in [0.15, 0.2) is 0 Å². The van der Waals surface area contributed by atoms with Crippen molar-refractivity contribution in [2.24, 2.45) is 0 Å². The molecule has 0 aliphatic carbocycles. The van der Waals surface area contributed by atoms with E-state index in [2.05, 4.69) is 10.6 Å². The van der Waals surface area contributed by atoms with Gasteiger partial charge < -0.3 is 15.5 Å². The second-order valence-electron chi connectivity index (χ2n) is 6.05. The van der Waals surface area contributed by atoms with Gasteiger partial charge in [0.2, 0.25) is 5.91 Å². The van der Waals surface area contributed by atoms with Crippen LogP contribution in [-0.2, 0) is 4.79 Å². The van der Waals surface area contributed by atoms with Crippen molar-refractivity contribution in [3.8, 4) is 0 Å². The second-order valence-corrected chi connectivity index (χ2v) is 6.05. The van der Waals surface area contributed by atoms with Gasteiger partial charge in [0.1, 0.15) is 5.82 Å². The number of amides is 2. The van der Waals surface area contributed by atoms with Crippen LogP contribution in [0.3, 0.4) is 0 Å². The SMILES string of the molecule is CC(=O)Nc1ccc(F)c(C(=O)N2CCC3CCC(C2)N3)c1. The van der Waals surface area contributed by atoms with Gasteiger partial charge in [0.25, 0.3) is 5.91 Å². The Labute approximate surface area is 128 Å². The van der Waals surface area contributed by atoms with Crippen LogP contribution in [-0.4, -0.2) is 41.9 Å². The van der Waals surface area contributed by atoms with Gasteiger partial charge in [0, 0.05) is 37.8 Å². The number of fused-ring (bicyclic) bond motifs is 2. The molecule has 22 heavy (non-hydrogen) atoms. The fourth-order valence-corrected chi connectivity index (χ4v) is 3.27. The van der Waals surface area contributed by atoms with Gasteiger partial charge in [-0.15, -0.1) is 0 Å². The molecule has 2 heterocycles. The lowest BCUT2D eigenvalue weighted by atomic mass is 10.1. The number of hydrogen-bond acceptors (Lipinski definition) is 3. The van der Waals surface area contributed by atoms with Gasteiger partial charge in [-0.3, -0.25) is 9.59 Å². The molecule has 1 aromatic carbocycles. The van der Waals surface area contributed by atoms with Crippen molar-refractivity contribution in [1.29, 1.82) is 0 Å². The monoisotopic (exact) mass is 305 g/mol. The maximum absolute atomic E-state index is 14.0. The van der Waals surface area contributed by atoms with E-state index in [-0.39, 0.29) is 17.4 Å². The summed E-state index contributed by atoms with van der Waals surface area (Å²) in [6, 6.07) is 4.87. The number of anilines is 1. The van der Waals surface area contributed by atoms with E-state index in [1.807, 2.05) is 0 Å². The molecule has 2 unspecified atom stereocenters. The number of carbonyl (C=O) groups excluding carboxylic acids is 2. The largest absolute Gasteiger partial charge is 0.337 e. The first-order chi connectivity index (χ1) is 10.5. The Kier molecular flexibility index (Phi) is 4.11. The number of nitrogens with zero attached hydrogens (tertiary/aromatic N) is 1. The molecule has 0 radical (unpaired) electrons. The third-order valence-corrected chi connectivity index (χ3v) is 4.33. The number of nitrogens with one attached hydrogen (secondary N) is 2. The predicted molar refractivity (Wildman–Crippen MR) is 81.2 cm³/mol. The van der Waals surface area contributed by atoms with E-state index in [0.717, 1.165) is 19.3 Å². The predicted octanol–water partition coefficient (Wildman–Crippen LogP) is 1.75. The molecule has 0 spiro atoms. The van der Waals surface area contributed by atoms with Crippen molar-refractivity contribution in [1.82, 2.24) is 10.2 Å². The Morgan fingerprint density at radius 2 is 2.05 bits per heavy atom. The lowest BCUT2D eigenvalue weighted by molar-refractivity contribution is -0.114. The topological polar surface area (TPSA) is 61.4 Å². The van der Waals surface area contributed by atoms with Crippen LogP contribution in [0.5, 0.6) is 0 Å². The van der Waals surface area contributed by atoms with Crippen molar-refractivity contribution in [3.05, 3.63) is 29.6 Å². The van der Waals surface area contributed by atoms with E-state index in [9.17, 15) is 14.0 Å². The summed E-state index contributed by atoms with van der Waals surface area (Å²) in [6.07, 6.45) is 3.11. The maximum Gasteiger partial charge on any atom is 0.256 e. The fourth-order valence-electron chi connectivity index (χ4n) is 3.27. The van der Waals surface area contributed by atoms with Crippen LogP contribution in [0.2, 0.25) is 0 Å². The molecule has 2 N–H and O–H groups in total. The summed E-state index contributed by atoms with van der Waals surface area (Å²) in [5, 5.41) is 6.08. The third-order valence-electron chi connectivity index (χ3n) is 4.33. The Balaban J connectivity index is 1.80. The lowest BCUT2D eigenvalue weighted by Crippen LogP contribution is -2.39. The Bertz CT molecular complexity index is 605. The minimum Gasteiger partial charge on any atom is -0.337 e. The van der Waals surface area contributed by atoms with Gasteiger partial charge in [-0.1, -0.05) is 0 Å². The zero-order valence-electron chi connectivity index (χ0n) is 12.6.